The van der Waals surface area contributed by atoms with E-state index in [2.05, 4.69) is 19.2 Å². The molecule has 1 aromatic rings. The zero-order valence-corrected chi connectivity index (χ0v) is 11.0. The maximum Gasteiger partial charge on any atom is 0.222 e. The summed E-state index contributed by atoms with van der Waals surface area (Å²) in [4.78, 5) is 11.3. The van der Waals surface area contributed by atoms with Gasteiger partial charge in [0.2, 0.25) is 5.91 Å². The van der Waals surface area contributed by atoms with Crippen molar-refractivity contribution in [2.24, 2.45) is 5.92 Å². The Morgan fingerprint density at radius 3 is 2.59 bits per heavy atom. The van der Waals surface area contributed by atoms with Crippen molar-refractivity contribution in [1.82, 2.24) is 5.32 Å². The highest BCUT2D eigenvalue weighted by Crippen LogP contribution is 2.15. The smallest absolute Gasteiger partial charge is 0.222 e. The molecule has 3 heteroatoms. The predicted octanol–water partition coefficient (Wildman–Crippen LogP) is 2.45. The molecule has 0 atom stereocenters. The van der Waals surface area contributed by atoms with Gasteiger partial charge in [-0.05, 0) is 37.1 Å². The molecule has 0 spiro atoms. The molecule has 1 rings (SSSR count). The average Bonchev–Trinajstić information content (AvgIpc) is 2.28. The summed E-state index contributed by atoms with van der Waals surface area (Å²) < 4.78 is 5.56. The van der Waals surface area contributed by atoms with Crippen molar-refractivity contribution >= 4 is 5.91 Å². The quantitative estimate of drug-likeness (QED) is 0.796. The van der Waals surface area contributed by atoms with Crippen LogP contribution >= 0.6 is 0 Å². The number of carbonyl (C=O) groups is 1. The largest absolute Gasteiger partial charge is 0.492 e. The van der Waals surface area contributed by atoms with E-state index in [4.69, 9.17) is 4.74 Å². The molecule has 0 heterocycles. The Labute approximate surface area is 103 Å². The van der Waals surface area contributed by atoms with E-state index >= 15 is 0 Å². The number of hydrogen-bond donors (Lipinski definition) is 1. The van der Waals surface area contributed by atoms with E-state index in [1.165, 1.54) is 11.1 Å². The van der Waals surface area contributed by atoms with Crippen molar-refractivity contribution in [2.75, 3.05) is 13.2 Å². The molecule has 0 aliphatic carbocycles. The second kappa shape index (κ2) is 6.28. The first kappa shape index (κ1) is 13.6. The van der Waals surface area contributed by atoms with Gasteiger partial charge in [0.25, 0.3) is 0 Å². The van der Waals surface area contributed by atoms with Crippen LogP contribution in [-0.2, 0) is 4.79 Å². The SMILES string of the molecule is Cc1ccc(OCCNC(=O)C(C)C)cc1C. The van der Waals surface area contributed by atoms with Gasteiger partial charge >= 0.3 is 0 Å². The Balaban J connectivity index is 2.31. The van der Waals surface area contributed by atoms with Crippen LogP contribution in [0.25, 0.3) is 0 Å². The van der Waals surface area contributed by atoms with Crippen molar-refractivity contribution in [3.8, 4) is 5.75 Å². The highest BCUT2D eigenvalue weighted by atomic mass is 16.5. The molecule has 0 aliphatic rings. The lowest BCUT2D eigenvalue weighted by Crippen LogP contribution is -2.31. The molecule has 1 N–H and O–H groups in total. The van der Waals surface area contributed by atoms with Gasteiger partial charge in [-0.2, -0.15) is 0 Å². The van der Waals surface area contributed by atoms with E-state index in [1.54, 1.807) is 0 Å². The number of rotatable bonds is 5. The molecule has 0 aliphatic heterocycles. The highest BCUT2D eigenvalue weighted by Gasteiger charge is 2.05. The fraction of sp³-hybridized carbons (Fsp3) is 0.500. The van der Waals surface area contributed by atoms with E-state index in [0.29, 0.717) is 13.2 Å². The van der Waals surface area contributed by atoms with Crippen LogP contribution in [0.3, 0.4) is 0 Å². The van der Waals surface area contributed by atoms with E-state index in [9.17, 15) is 4.79 Å². The minimum Gasteiger partial charge on any atom is -0.492 e. The third-order valence-electron chi connectivity index (χ3n) is 2.67. The lowest BCUT2D eigenvalue weighted by molar-refractivity contribution is -0.124. The van der Waals surface area contributed by atoms with Crippen molar-refractivity contribution in [2.45, 2.75) is 27.7 Å². The Hall–Kier alpha value is -1.51. The molecular formula is C14H21NO2. The maximum atomic E-state index is 11.3. The van der Waals surface area contributed by atoms with E-state index in [-0.39, 0.29) is 11.8 Å². The Kier molecular flexibility index (Phi) is 5.01. The van der Waals surface area contributed by atoms with Gasteiger partial charge in [-0.25, -0.2) is 0 Å². The number of nitrogens with one attached hydrogen (secondary N) is 1. The van der Waals surface area contributed by atoms with Crippen LogP contribution in [0.2, 0.25) is 0 Å². The Bertz CT molecular complexity index is 386. The summed E-state index contributed by atoms with van der Waals surface area (Å²) in [5.74, 6) is 0.942. The van der Waals surface area contributed by atoms with Crippen LogP contribution in [0.1, 0.15) is 25.0 Å². The number of hydrogen-bond acceptors (Lipinski definition) is 2. The average molecular weight is 235 g/mol. The second-order valence-corrected chi connectivity index (χ2v) is 4.54. The lowest BCUT2D eigenvalue weighted by Gasteiger charge is -2.10. The number of ether oxygens (including phenoxy) is 1. The molecule has 3 nitrogen and oxygen atoms in total. The van der Waals surface area contributed by atoms with Crippen LogP contribution in [0, 0.1) is 19.8 Å². The summed E-state index contributed by atoms with van der Waals surface area (Å²) in [6.07, 6.45) is 0. The van der Waals surface area contributed by atoms with Crippen LogP contribution in [0.4, 0.5) is 0 Å². The van der Waals surface area contributed by atoms with Gasteiger partial charge in [-0.1, -0.05) is 19.9 Å². The molecule has 0 bridgehead atoms. The van der Waals surface area contributed by atoms with E-state index < -0.39 is 0 Å². The monoisotopic (exact) mass is 235 g/mol. The van der Waals surface area contributed by atoms with Gasteiger partial charge in [0.05, 0.1) is 6.54 Å². The summed E-state index contributed by atoms with van der Waals surface area (Å²) in [5, 5.41) is 2.81. The number of amides is 1. The fourth-order valence-electron chi connectivity index (χ4n) is 1.35. The molecule has 17 heavy (non-hydrogen) atoms. The molecule has 0 aromatic heterocycles. The van der Waals surface area contributed by atoms with Crippen LogP contribution in [0.15, 0.2) is 18.2 Å². The van der Waals surface area contributed by atoms with Gasteiger partial charge in [-0.3, -0.25) is 4.79 Å². The summed E-state index contributed by atoms with van der Waals surface area (Å²) in [6.45, 7) is 8.93. The summed E-state index contributed by atoms with van der Waals surface area (Å²) >= 11 is 0. The molecule has 0 saturated carbocycles. The van der Waals surface area contributed by atoms with Crippen LogP contribution in [0.5, 0.6) is 5.75 Å². The van der Waals surface area contributed by atoms with Crippen molar-refractivity contribution in [3.05, 3.63) is 29.3 Å². The summed E-state index contributed by atoms with van der Waals surface area (Å²) in [6, 6.07) is 6.00. The third-order valence-corrected chi connectivity index (χ3v) is 2.67. The molecule has 1 amide bonds. The highest BCUT2D eigenvalue weighted by molar-refractivity contribution is 5.77. The predicted molar refractivity (Wildman–Crippen MR) is 69.3 cm³/mol. The van der Waals surface area contributed by atoms with Gasteiger partial charge in [0.15, 0.2) is 0 Å². The van der Waals surface area contributed by atoms with Crippen molar-refractivity contribution in [1.29, 1.82) is 0 Å². The van der Waals surface area contributed by atoms with E-state index in [1.807, 2.05) is 32.0 Å². The van der Waals surface area contributed by atoms with Gasteiger partial charge in [0.1, 0.15) is 12.4 Å². The van der Waals surface area contributed by atoms with Crippen LogP contribution in [-0.4, -0.2) is 19.1 Å². The number of aryl methyl sites for hydroxylation is 2. The molecule has 0 radical (unpaired) electrons. The molecule has 0 fully saturated rings. The standard InChI is InChI=1S/C14H21NO2/c1-10(2)14(16)15-7-8-17-13-6-5-11(3)12(4)9-13/h5-6,9-10H,7-8H2,1-4H3,(H,15,16). The topological polar surface area (TPSA) is 38.3 Å². The first-order valence-corrected chi connectivity index (χ1v) is 5.98. The number of benzene rings is 1. The van der Waals surface area contributed by atoms with Crippen molar-refractivity contribution < 1.29 is 9.53 Å². The van der Waals surface area contributed by atoms with Gasteiger partial charge in [-0.15, -0.1) is 0 Å². The normalized spacial score (nSPS) is 10.4. The Morgan fingerprint density at radius 2 is 2.00 bits per heavy atom. The summed E-state index contributed by atoms with van der Waals surface area (Å²) in [5.41, 5.74) is 2.47. The molecule has 0 saturated heterocycles. The minimum absolute atomic E-state index is 0.0246. The first-order valence-electron chi connectivity index (χ1n) is 5.98. The minimum atomic E-state index is 0.0246. The number of carbonyl (C=O) groups excluding carboxylic acids is 1. The third kappa shape index (κ3) is 4.47. The van der Waals surface area contributed by atoms with E-state index in [0.717, 1.165) is 5.75 Å². The van der Waals surface area contributed by atoms with Gasteiger partial charge < -0.3 is 10.1 Å². The zero-order valence-electron chi connectivity index (χ0n) is 11.0. The molecular weight excluding hydrogens is 214 g/mol. The van der Waals surface area contributed by atoms with Gasteiger partial charge in [0, 0.05) is 5.92 Å². The second-order valence-electron chi connectivity index (χ2n) is 4.54. The molecule has 94 valence electrons. The fourth-order valence-corrected chi connectivity index (χ4v) is 1.35. The first-order chi connectivity index (χ1) is 8.00. The summed E-state index contributed by atoms with van der Waals surface area (Å²) in [7, 11) is 0. The molecule has 0 unspecified atom stereocenters. The van der Waals surface area contributed by atoms with Crippen LogP contribution < -0.4 is 10.1 Å². The molecule has 1 aromatic carbocycles. The van der Waals surface area contributed by atoms with Crippen molar-refractivity contribution in [3.63, 3.8) is 0 Å². The Morgan fingerprint density at radius 1 is 1.29 bits per heavy atom. The maximum absolute atomic E-state index is 11.3. The zero-order chi connectivity index (χ0) is 12.8. The lowest BCUT2D eigenvalue weighted by atomic mass is 10.1.